The van der Waals surface area contributed by atoms with Crippen LogP contribution in [0, 0.1) is 0 Å². The summed E-state index contributed by atoms with van der Waals surface area (Å²) in [5, 5.41) is 9.70. The van der Waals surface area contributed by atoms with Gasteiger partial charge in [-0.05, 0) is 27.8 Å². The first-order chi connectivity index (χ1) is 15.4. The maximum absolute atomic E-state index is 12.8. The van der Waals surface area contributed by atoms with Crippen LogP contribution >= 0.6 is 0 Å². The number of fused-ring (bicyclic) bond motifs is 3. The maximum atomic E-state index is 12.8. The Kier molecular flexibility index (Phi) is 5.81. The van der Waals surface area contributed by atoms with Gasteiger partial charge in [0.2, 0.25) is 5.56 Å². The second-order valence-corrected chi connectivity index (χ2v) is 7.96. The molecule has 2 aromatic carbocycles. The summed E-state index contributed by atoms with van der Waals surface area (Å²) in [4.78, 5) is 37.3. The van der Waals surface area contributed by atoms with E-state index in [2.05, 4.69) is 12.1 Å². The molecular formula is C25H24N2O5. The summed E-state index contributed by atoms with van der Waals surface area (Å²) in [5.41, 5.74) is 4.86. The zero-order valence-electron chi connectivity index (χ0n) is 17.9. The number of carboxylic acids is 1. The number of rotatable bonds is 6. The normalized spacial score (nSPS) is 13.2. The smallest absolute Gasteiger partial charge is 0.410 e. The topological polar surface area (TPSA) is 88.8 Å². The van der Waals surface area contributed by atoms with Crippen molar-refractivity contribution in [3.8, 4) is 11.1 Å². The Morgan fingerprint density at radius 1 is 1.03 bits per heavy atom. The standard InChI is InChI=1S/C25H24N2O5/c1-26-14-16(11-12-23(26)28)13-22(24(29)30)27(2)25(31)32-15-21-19-9-5-3-7-17(19)18-8-4-6-10-20(18)21/h3-12,14,21-22H,13,15H2,1-2H3,(H,29,30)/t22-/m0/s1. The number of carboxylic acid groups (broad SMARTS) is 1. The number of aryl methyl sites for hydroxylation is 1. The summed E-state index contributed by atoms with van der Waals surface area (Å²) < 4.78 is 6.96. The van der Waals surface area contributed by atoms with Gasteiger partial charge >= 0.3 is 12.1 Å². The van der Waals surface area contributed by atoms with E-state index in [4.69, 9.17) is 4.74 Å². The quantitative estimate of drug-likeness (QED) is 0.646. The third-order valence-corrected chi connectivity index (χ3v) is 5.95. The lowest BCUT2D eigenvalue weighted by Crippen LogP contribution is -2.44. The molecule has 1 aliphatic carbocycles. The van der Waals surface area contributed by atoms with Crippen LogP contribution in [0.5, 0.6) is 0 Å². The predicted octanol–water partition coefficient (Wildman–Crippen LogP) is 3.26. The molecule has 0 aliphatic heterocycles. The highest BCUT2D eigenvalue weighted by molar-refractivity contribution is 5.81. The number of amides is 1. The van der Waals surface area contributed by atoms with E-state index in [0.29, 0.717) is 5.56 Å². The van der Waals surface area contributed by atoms with Crippen LogP contribution in [-0.2, 0) is 23.0 Å². The Hall–Kier alpha value is -3.87. The number of nitrogens with zero attached hydrogens (tertiary/aromatic N) is 2. The van der Waals surface area contributed by atoms with Gasteiger partial charge in [-0.25, -0.2) is 9.59 Å². The van der Waals surface area contributed by atoms with E-state index in [1.807, 2.05) is 36.4 Å². The second kappa shape index (κ2) is 8.70. The van der Waals surface area contributed by atoms with Crippen molar-refractivity contribution in [1.82, 2.24) is 9.47 Å². The fourth-order valence-electron chi connectivity index (χ4n) is 4.21. The lowest BCUT2D eigenvalue weighted by atomic mass is 9.98. The number of carbonyl (C=O) groups excluding carboxylic acids is 1. The molecule has 1 aromatic heterocycles. The number of aromatic nitrogens is 1. The number of benzene rings is 2. The highest BCUT2D eigenvalue weighted by Gasteiger charge is 2.32. The molecule has 0 unspecified atom stereocenters. The van der Waals surface area contributed by atoms with Gasteiger partial charge in [0.15, 0.2) is 0 Å². The number of hydrogen-bond donors (Lipinski definition) is 1. The number of pyridine rings is 1. The predicted molar refractivity (Wildman–Crippen MR) is 120 cm³/mol. The number of aliphatic carboxylic acids is 1. The average molecular weight is 432 g/mol. The molecule has 0 spiro atoms. The monoisotopic (exact) mass is 432 g/mol. The molecule has 1 atom stereocenters. The van der Waals surface area contributed by atoms with Gasteiger partial charge in [0.05, 0.1) is 0 Å². The minimum atomic E-state index is -1.14. The summed E-state index contributed by atoms with van der Waals surface area (Å²) in [5.74, 6) is -1.25. The number of hydrogen-bond acceptors (Lipinski definition) is 4. The van der Waals surface area contributed by atoms with Gasteiger partial charge in [0.25, 0.3) is 0 Å². The van der Waals surface area contributed by atoms with E-state index in [1.165, 1.54) is 17.7 Å². The van der Waals surface area contributed by atoms with Crippen LogP contribution < -0.4 is 5.56 Å². The fraction of sp³-hybridized carbons (Fsp3) is 0.240. The molecule has 164 valence electrons. The molecule has 7 heteroatoms. The third-order valence-electron chi connectivity index (χ3n) is 5.95. The van der Waals surface area contributed by atoms with Gasteiger partial charge in [-0.1, -0.05) is 54.6 Å². The highest BCUT2D eigenvalue weighted by Crippen LogP contribution is 2.44. The van der Waals surface area contributed by atoms with Crippen LogP contribution in [0.3, 0.4) is 0 Å². The van der Waals surface area contributed by atoms with Crippen molar-refractivity contribution >= 4 is 12.1 Å². The molecule has 1 amide bonds. The molecule has 0 fully saturated rings. The highest BCUT2D eigenvalue weighted by atomic mass is 16.6. The minimum absolute atomic E-state index is 0.0597. The molecule has 0 radical (unpaired) electrons. The van der Waals surface area contributed by atoms with E-state index in [1.54, 1.807) is 19.3 Å². The van der Waals surface area contributed by atoms with E-state index >= 15 is 0 Å². The Bertz CT molecular complexity index is 1190. The first-order valence-corrected chi connectivity index (χ1v) is 10.3. The van der Waals surface area contributed by atoms with Crippen LogP contribution in [-0.4, -0.2) is 46.3 Å². The second-order valence-electron chi connectivity index (χ2n) is 7.96. The summed E-state index contributed by atoms with van der Waals surface area (Å²) in [6.45, 7) is 0.114. The van der Waals surface area contributed by atoms with Crippen LogP contribution in [0.15, 0.2) is 71.7 Å². The Morgan fingerprint density at radius 2 is 1.62 bits per heavy atom. The van der Waals surface area contributed by atoms with Crippen molar-refractivity contribution in [1.29, 1.82) is 0 Å². The lowest BCUT2D eigenvalue weighted by Gasteiger charge is -2.25. The molecule has 1 N–H and O–H groups in total. The van der Waals surface area contributed by atoms with Crippen molar-refractivity contribution in [2.24, 2.45) is 7.05 Å². The van der Waals surface area contributed by atoms with Gasteiger partial charge in [-0.15, -0.1) is 0 Å². The van der Waals surface area contributed by atoms with E-state index in [-0.39, 0.29) is 24.5 Å². The molecule has 3 aromatic rings. The number of carbonyl (C=O) groups is 2. The van der Waals surface area contributed by atoms with E-state index in [0.717, 1.165) is 27.2 Å². The third kappa shape index (κ3) is 4.01. The van der Waals surface area contributed by atoms with Crippen molar-refractivity contribution in [3.63, 3.8) is 0 Å². The number of ether oxygens (including phenoxy) is 1. The van der Waals surface area contributed by atoms with E-state index < -0.39 is 18.1 Å². The first-order valence-electron chi connectivity index (χ1n) is 10.3. The van der Waals surface area contributed by atoms with Gasteiger partial charge < -0.3 is 14.4 Å². The summed E-state index contributed by atoms with van der Waals surface area (Å²) >= 11 is 0. The minimum Gasteiger partial charge on any atom is -0.480 e. The summed E-state index contributed by atoms with van der Waals surface area (Å²) in [6.07, 6.45) is 0.928. The van der Waals surface area contributed by atoms with Crippen LogP contribution in [0.1, 0.15) is 22.6 Å². The van der Waals surface area contributed by atoms with Crippen LogP contribution in [0.25, 0.3) is 11.1 Å². The SMILES string of the molecule is CN(C(=O)OCC1c2ccccc2-c2ccccc21)[C@@H](Cc1ccc(=O)n(C)c1)C(=O)O. The largest absolute Gasteiger partial charge is 0.480 e. The molecule has 7 nitrogen and oxygen atoms in total. The summed E-state index contributed by atoms with van der Waals surface area (Å²) in [7, 11) is 3.01. The van der Waals surface area contributed by atoms with Crippen LogP contribution in [0.2, 0.25) is 0 Å². The van der Waals surface area contributed by atoms with Gasteiger partial charge in [-0.3, -0.25) is 9.69 Å². The zero-order valence-corrected chi connectivity index (χ0v) is 17.9. The van der Waals surface area contributed by atoms with Crippen molar-refractivity contribution in [2.45, 2.75) is 18.4 Å². The first kappa shape index (κ1) is 21.4. The zero-order chi connectivity index (χ0) is 22.8. The number of likely N-dealkylation sites (N-methyl/N-ethyl adjacent to an activating group) is 1. The lowest BCUT2D eigenvalue weighted by molar-refractivity contribution is -0.142. The van der Waals surface area contributed by atoms with Gasteiger partial charge in [-0.2, -0.15) is 0 Å². The Morgan fingerprint density at radius 3 is 2.19 bits per heavy atom. The maximum Gasteiger partial charge on any atom is 0.410 e. The Labute approximate surface area is 185 Å². The molecule has 0 saturated carbocycles. The molecule has 1 aliphatic rings. The molecule has 0 saturated heterocycles. The van der Waals surface area contributed by atoms with Crippen molar-refractivity contribution in [2.75, 3.05) is 13.7 Å². The van der Waals surface area contributed by atoms with E-state index in [9.17, 15) is 19.5 Å². The average Bonchev–Trinajstić information content (AvgIpc) is 3.11. The Balaban J connectivity index is 1.48. The van der Waals surface area contributed by atoms with Crippen molar-refractivity contribution in [3.05, 3.63) is 93.9 Å². The van der Waals surface area contributed by atoms with Crippen molar-refractivity contribution < 1.29 is 19.4 Å². The van der Waals surface area contributed by atoms with Gasteiger partial charge in [0, 0.05) is 38.7 Å². The molecule has 0 bridgehead atoms. The molecular weight excluding hydrogens is 408 g/mol. The fourth-order valence-corrected chi connectivity index (χ4v) is 4.21. The molecule has 1 heterocycles. The van der Waals surface area contributed by atoms with Gasteiger partial charge in [0.1, 0.15) is 12.6 Å². The van der Waals surface area contributed by atoms with Crippen LogP contribution in [0.4, 0.5) is 4.79 Å². The molecule has 4 rings (SSSR count). The summed E-state index contributed by atoms with van der Waals surface area (Å²) in [6, 6.07) is 17.9. The molecule has 32 heavy (non-hydrogen) atoms.